The van der Waals surface area contributed by atoms with Crippen LogP contribution >= 0.6 is 0 Å². The van der Waals surface area contributed by atoms with Crippen molar-refractivity contribution in [2.45, 2.75) is 58.5 Å². The van der Waals surface area contributed by atoms with Gasteiger partial charge in [0, 0.05) is 38.1 Å². The van der Waals surface area contributed by atoms with Crippen molar-refractivity contribution in [2.75, 3.05) is 66.7 Å². The highest BCUT2D eigenvalue weighted by Gasteiger charge is 2.22. The van der Waals surface area contributed by atoms with Crippen LogP contribution in [0.2, 0.25) is 0 Å². The van der Waals surface area contributed by atoms with E-state index in [9.17, 15) is 9.59 Å². The SMILES string of the molecule is CCc1cc(C(=O)OC2CCCOc3cc(cc(OC)c3OC)C(=O)OCCCN3CCCN(CC2)CC3)cnc1C. The molecule has 10 heteroatoms. The molecule has 4 bridgehead atoms. The van der Waals surface area contributed by atoms with Crippen LogP contribution in [-0.4, -0.2) is 99.5 Å². The predicted octanol–water partition coefficient (Wildman–Crippen LogP) is 4.31. The molecule has 3 atom stereocenters. The van der Waals surface area contributed by atoms with E-state index in [2.05, 4.69) is 21.7 Å². The molecular weight excluding hydrogens is 538 g/mol. The highest BCUT2D eigenvalue weighted by Crippen LogP contribution is 2.39. The van der Waals surface area contributed by atoms with Gasteiger partial charge >= 0.3 is 11.9 Å². The number of esters is 2. The molecule has 0 saturated carbocycles. The molecule has 2 aliphatic rings. The van der Waals surface area contributed by atoms with E-state index in [0.29, 0.717) is 54.4 Å². The summed E-state index contributed by atoms with van der Waals surface area (Å²) in [4.78, 5) is 35.3. The third kappa shape index (κ3) is 8.58. The molecule has 0 spiro atoms. The second-order valence-electron chi connectivity index (χ2n) is 10.9. The normalized spacial score (nSPS) is 22.4. The number of aryl methyl sites for hydroxylation is 2. The molecule has 230 valence electrons. The van der Waals surface area contributed by atoms with Crippen LogP contribution in [-0.2, 0) is 15.9 Å². The number of rotatable bonds is 5. The molecule has 3 heterocycles. The fourth-order valence-electron chi connectivity index (χ4n) is 5.51. The zero-order valence-electron chi connectivity index (χ0n) is 25.5. The summed E-state index contributed by atoms with van der Waals surface area (Å²) in [7, 11) is 3.05. The van der Waals surface area contributed by atoms with Crippen LogP contribution in [0, 0.1) is 6.92 Å². The second kappa shape index (κ2) is 15.7. The molecule has 2 aromatic rings. The fourth-order valence-corrected chi connectivity index (χ4v) is 5.51. The summed E-state index contributed by atoms with van der Waals surface area (Å²) in [6.07, 6.45) is 5.97. The van der Waals surface area contributed by atoms with Gasteiger partial charge in [0.1, 0.15) is 6.10 Å². The number of methoxy groups -OCH3 is 2. The maximum Gasteiger partial charge on any atom is 0.339 e. The van der Waals surface area contributed by atoms with Crippen molar-refractivity contribution in [1.82, 2.24) is 14.8 Å². The molecule has 1 fully saturated rings. The summed E-state index contributed by atoms with van der Waals surface area (Å²) in [5.74, 6) is 0.437. The van der Waals surface area contributed by atoms with Crippen LogP contribution in [0.5, 0.6) is 17.2 Å². The molecule has 4 rings (SSSR count). The van der Waals surface area contributed by atoms with Crippen LogP contribution in [0.4, 0.5) is 0 Å². The first kappa shape index (κ1) is 31.6. The number of pyridine rings is 1. The standard InChI is InChI=1S/C32H45N3O7/c1-5-24-19-26(22-33-23(24)2)32(37)42-27-9-6-17-40-29-21-25(20-28(38-3)30(29)39-4)31(36)41-18-8-13-34-11-7-12-35(14-10-27)16-15-34/h19-22,27H,5-18H2,1-4H3. The van der Waals surface area contributed by atoms with Gasteiger partial charge in [-0.3, -0.25) is 4.98 Å². The second-order valence-corrected chi connectivity index (χ2v) is 10.9. The van der Waals surface area contributed by atoms with Gasteiger partial charge in [-0.15, -0.1) is 0 Å². The van der Waals surface area contributed by atoms with Crippen LogP contribution in [0.1, 0.15) is 71.0 Å². The van der Waals surface area contributed by atoms with Gasteiger partial charge in [-0.25, -0.2) is 9.59 Å². The molecule has 1 saturated heterocycles. The topological polar surface area (TPSA) is 99.7 Å². The number of hydrogen-bond acceptors (Lipinski definition) is 10. The minimum absolute atomic E-state index is 0.272. The lowest BCUT2D eigenvalue weighted by molar-refractivity contribution is 0.0221. The van der Waals surface area contributed by atoms with E-state index in [-0.39, 0.29) is 12.1 Å². The number of nitrogens with zero attached hydrogens (tertiary/aromatic N) is 3. The lowest BCUT2D eigenvalue weighted by atomic mass is 10.1. The Morgan fingerprint density at radius 2 is 1.67 bits per heavy atom. The number of hydrogen-bond donors (Lipinski definition) is 0. The monoisotopic (exact) mass is 583 g/mol. The highest BCUT2D eigenvalue weighted by molar-refractivity contribution is 5.91. The highest BCUT2D eigenvalue weighted by atomic mass is 16.5. The quantitative estimate of drug-likeness (QED) is 0.474. The van der Waals surface area contributed by atoms with Crippen molar-refractivity contribution in [3.8, 4) is 17.2 Å². The maximum absolute atomic E-state index is 13.2. The summed E-state index contributed by atoms with van der Waals surface area (Å²) in [5, 5.41) is 0. The number of cyclic esters (lactones) is 1. The van der Waals surface area contributed by atoms with Crippen LogP contribution in [0.15, 0.2) is 24.4 Å². The minimum atomic E-state index is -0.426. The molecule has 2 aliphatic heterocycles. The zero-order valence-corrected chi connectivity index (χ0v) is 25.5. The summed E-state index contributed by atoms with van der Waals surface area (Å²) in [6, 6.07) is 5.13. The number of carbonyl (C=O) groups is 2. The lowest BCUT2D eigenvalue weighted by Gasteiger charge is -2.24. The smallest absolute Gasteiger partial charge is 0.339 e. The van der Waals surface area contributed by atoms with Crippen molar-refractivity contribution in [3.05, 3.63) is 46.8 Å². The van der Waals surface area contributed by atoms with Crippen LogP contribution < -0.4 is 14.2 Å². The van der Waals surface area contributed by atoms with Crippen LogP contribution in [0.3, 0.4) is 0 Å². The van der Waals surface area contributed by atoms with Crippen molar-refractivity contribution < 1.29 is 33.3 Å². The Kier molecular flexibility index (Phi) is 11.8. The van der Waals surface area contributed by atoms with Gasteiger partial charge in [0.15, 0.2) is 11.5 Å². The molecule has 0 aliphatic carbocycles. The number of ether oxygens (including phenoxy) is 5. The first-order valence-corrected chi connectivity index (χ1v) is 15.1. The molecule has 1 aromatic heterocycles. The molecule has 0 radical (unpaired) electrons. The molecule has 10 nitrogen and oxygen atoms in total. The van der Waals surface area contributed by atoms with E-state index < -0.39 is 5.97 Å². The molecular formula is C32H45N3O7. The molecule has 0 N–H and O–H groups in total. The third-order valence-electron chi connectivity index (χ3n) is 7.99. The van der Waals surface area contributed by atoms with E-state index in [4.69, 9.17) is 23.7 Å². The van der Waals surface area contributed by atoms with Crippen molar-refractivity contribution in [1.29, 1.82) is 0 Å². The molecule has 1 aromatic carbocycles. The van der Waals surface area contributed by atoms with E-state index in [1.54, 1.807) is 18.3 Å². The zero-order chi connectivity index (χ0) is 29.9. The van der Waals surface area contributed by atoms with E-state index in [0.717, 1.165) is 76.2 Å². The summed E-state index contributed by atoms with van der Waals surface area (Å²) in [5.41, 5.74) is 2.80. The Bertz CT molecular complexity index is 1200. The Labute approximate surface area is 249 Å². The van der Waals surface area contributed by atoms with Gasteiger partial charge in [-0.05, 0) is 82.3 Å². The van der Waals surface area contributed by atoms with Gasteiger partial charge < -0.3 is 33.5 Å². The van der Waals surface area contributed by atoms with Gasteiger partial charge in [0.2, 0.25) is 5.75 Å². The largest absolute Gasteiger partial charge is 0.493 e. The first-order chi connectivity index (χ1) is 20.4. The Morgan fingerprint density at radius 1 is 0.929 bits per heavy atom. The van der Waals surface area contributed by atoms with E-state index >= 15 is 0 Å². The van der Waals surface area contributed by atoms with Crippen molar-refractivity contribution in [3.63, 3.8) is 0 Å². The number of benzene rings is 1. The van der Waals surface area contributed by atoms with Gasteiger partial charge in [-0.1, -0.05) is 6.92 Å². The summed E-state index contributed by atoms with van der Waals surface area (Å²) < 4.78 is 28.8. The maximum atomic E-state index is 13.2. The average molecular weight is 584 g/mol. The van der Waals surface area contributed by atoms with Gasteiger partial charge in [0.05, 0.1) is 38.6 Å². The molecule has 3 unspecified atom stereocenters. The average Bonchev–Trinajstić information content (AvgIpc) is 3.24. The Hall–Kier alpha value is -3.37. The first-order valence-electron chi connectivity index (χ1n) is 15.1. The number of fused-ring (bicyclic) bond motifs is 5. The fraction of sp³-hybridized carbons (Fsp3) is 0.594. The van der Waals surface area contributed by atoms with E-state index in [1.807, 2.05) is 13.0 Å². The molecule has 0 amide bonds. The van der Waals surface area contributed by atoms with Gasteiger partial charge in [0.25, 0.3) is 0 Å². The van der Waals surface area contributed by atoms with Crippen molar-refractivity contribution >= 4 is 11.9 Å². The predicted molar refractivity (Wildman–Crippen MR) is 159 cm³/mol. The van der Waals surface area contributed by atoms with Crippen molar-refractivity contribution in [2.24, 2.45) is 0 Å². The summed E-state index contributed by atoms with van der Waals surface area (Å²) in [6.45, 7) is 10.3. The number of carbonyl (C=O) groups excluding carboxylic acids is 2. The summed E-state index contributed by atoms with van der Waals surface area (Å²) >= 11 is 0. The Balaban J connectivity index is 1.52. The third-order valence-corrected chi connectivity index (χ3v) is 7.99. The van der Waals surface area contributed by atoms with E-state index in [1.165, 1.54) is 14.2 Å². The Morgan fingerprint density at radius 3 is 2.40 bits per heavy atom. The van der Waals surface area contributed by atoms with Crippen LogP contribution in [0.25, 0.3) is 0 Å². The lowest BCUT2D eigenvalue weighted by Crippen LogP contribution is -2.34. The minimum Gasteiger partial charge on any atom is -0.493 e. The van der Waals surface area contributed by atoms with Gasteiger partial charge in [-0.2, -0.15) is 0 Å². The number of aromatic nitrogens is 1. The molecule has 42 heavy (non-hydrogen) atoms.